The van der Waals surface area contributed by atoms with Gasteiger partial charge >= 0.3 is 0 Å². The lowest BCUT2D eigenvalue weighted by Gasteiger charge is -2.30. The molecule has 7 heteroatoms. The summed E-state index contributed by atoms with van der Waals surface area (Å²) in [6, 6.07) is 15.2. The molecule has 5 nitrogen and oxygen atoms in total. The first-order valence-corrected chi connectivity index (χ1v) is 10.6. The highest BCUT2D eigenvalue weighted by molar-refractivity contribution is 7.89. The van der Waals surface area contributed by atoms with Crippen molar-refractivity contribution in [3.63, 3.8) is 0 Å². The Morgan fingerprint density at radius 2 is 1.93 bits per heavy atom. The van der Waals surface area contributed by atoms with E-state index < -0.39 is 27.0 Å². The number of halogens is 1. The normalized spacial score (nSPS) is 19.4. The molecule has 0 unspecified atom stereocenters. The van der Waals surface area contributed by atoms with E-state index in [9.17, 15) is 22.9 Å². The molecular formula is C21H17FN2O3S. The molecule has 28 heavy (non-hydrogen) atoms. The highest BCUT2D eigenvalue weighted by Gasteiger charge is 2.46. The van der Waals surface area contributed by atoms with E-state index >= 15 is 0 Å². The molecule has 3 aromatic rings. The van der Waals surface area contributed by atoms with Crippen LogP contribution in [-0.2, 0) is 22.9 Å². The van der Waals surface area contributed by atoms with Gasteiger partial charge in [0.05, 0.1) is 17.8 Å². The van der Waals surface area contributed by atoms with E-state index in [1.807, 2.05) is 30.3 Å². The van der Waals surface area contributed by atoms with Crippen molar-refractivity contribution in [1.29, 1.82) is 5.26 Å². The van der Waals surface area contributed by atoms with Gasteiger partial charge in [-0.25, -0.2) is 16.8 Å². The summed E-state index contributed by atoms with van der Waals surface area (Å²) >= 11 is 0. The molecule has 2 aromatic carbocycles. The number of carbonyl (C=O) groups excluding carboxylic acids is 1. The molecule has 1 heterocycles. The van der Waals surface area contributed by atoms with E-state index in [0.717, 1.165) is 21.9 Å². The summed E-state index contributed by atoms with van der Waals surface area (Å²) in [5.74, 6) is -0.991. The van der Waals surface area contributed by atoms with Gasteiger partial charge in [0.25, 0.3) is 0 Å². The van der Waals surface area contributed by atoms with Crippen LogP contribution < -0.4 is 0 Å². The Labute approximate surface area is 162 Å². The van der Waals surface area contributed by atoms with Gasteiger partial charge in [0.1, 0.15) is 11.2 Å². The van der Waals surface area contributed by atoms with Gasteiger partial charge in [0, 0.05) is 16.6 Å². The zero-order chi connectivity index (χ0) is 20.1. The minimum Gasteiger partial charge on any atom is -0.292 e. The molecule has 0 spiro atoms. The molecule has 1 aromatic heterocycles. The number of fused-ring (bicyclic) bond motifs is 3. The average Bonchev–Trinajstić information content (AvgIpc) is 2.99. The SMILES string of the molecule is CS(=O)(=O)n1c2c(c3ccc(F)cc31)C(=O)[C@@](C#N)(Cc1ccccc1)CC2. The average molecular weight is 396 g/mol. The quantitative estimate of drug-likeness (QED) is 0.679. The fourth-order valence-corrected chi connectivity index (χ4v) is 5.18. The minimum absolute atomic E-state index is 0.134. The number of hydrogen-bond acceptors (Lipinski definition) is 4. The van der Waals surface area contributed by atoms with Crippen LogP contribution in [0.1, 0.15) is 28.0 Å². The summed E-state index contributed by atoms with van der Waals surface area (Å²) in [6.07, 6.45) is 1.72. The lowest BCUT2D eigenvalue weighted by molar-refractivity contribution is 0.0835. The molecule has 0 radical (unpaired) electrons. The monoisotopic (exact) mass is 396 g/mol. The van der Waals surface area contributed by atoms with Gasteiger partial charge in [0.2, 0.25) is 10.0 Å². The van der Waals surface area contributed by atoms with Crippen LogP contribution in [0, 0.1) is 22.6 Å². The number of ketones is 1. The van der Waals surface area contributed by atoms with Crippen LogP contribution in [0.4, 0.5) is 4.39 Å². The zero-order valence-corrected chi connectivity index (χ0v) is 16.0. The summed E-state index contributed by atoms with van der Waals surface area (Å²) in [5.41, 5.74) is 0.253. The second kappa shape index (κ2) is 6.28. The molecule has 0 fully saturated rings. The fourth-order valence-electron chi connectivity index (χ4n) is 4.09. The largest absolute Gasteiger partial charge is 0.292 e. The Morgan fingerprint density at radius 1 is 1.21 bits per heavy atom. The van der Waals surface area contributed by atoms with Gasteiger partial charge in [-0.15, -0.1) is 0 Å². The van der Waals surface area contributed by atoms with Gasteiger partial charge in [0.15, 0.2) is 5.78 Å². The van der Waals surface area contributed by atoms with E-state index in [0.29, 0.717) is 11.1 Å². The van der Waals surface area contributed by atoms with Gasteiger partial charge in [-0.05, 0) is 43.0 Å². The molecular weight excluding hydrogens is 379 g/mol. The number of rotatable bonds is 3. The van der Waals surface area contributed by atoms with E-state index in [-0.39, 0.29) is 30.3 Å². The first-order chi connectivity index (χ1) is 13.3. The Balaban J connectivity index is 1.96. The summed E-state index contributed by atoms with van der Waals surface area (Å²) in [5, 5.41) is 10.3. The molecule has 0 aliphatic heterocycles. The smallest absolute Gasteiger partial charge is 0.236 e. The fraction of sp³-hybridized carbons (Fsp3) is 0.238. The van der Waals surface area contributed by atoms with Crippen LogP contribution in [0.15, 0.2) is 48.5 Å². The second-order valence-corrected chi connectivity index (χ2v) is 9.03. The van der Waals surface area contributed by atoms with Gasteiger partial charge in [-0.2, -0.15) is 5.26 Å². The molecule has 1 aliphatic rings. The van der Waals surface area contributed by atoms with Crippen molar-refractivity contribution in [3.8, 4) is 6.07 Å². The van der Waals surface area contributed by atoms with Crippen LogP contribution in [0.5, 0.6) is 0 Å². The first kappa shape index (κ1) is 18.4. The predicted octanol–water partition coefficient (Wildman–Crippen LogP) is 3.47. The van der Waals surface area contributed by atoms with Crippen molar-refractivity contribution in [1.82, 2.24) is 3.97 Å². The molecule has 0 saturated heterocycles. The minimum atomic E-state index is -3.76. The second-order valence-electron chi connectivity index (χ2n) is 7.20. The summed E-state index contributed by atoms with van der Waals surface area (Å²) < 4.78 is 39.6. The Morgan fingerprint density at radius 3 is 2.57 bits per heavy atom. The number of nitriles is 1. The molecule has 0 amide bonds. The molecule has 0 bridgehead atoms. The first-order valence-electron chi connectivity index (χ1n) is 8.80. The number of hydrogen-bond donors (Lipinski definition) is 0. The summed E-state index contributed by atoms with van der Waals surface area (Å²) in [6.45, 7) is 0. The third-order valence-corrected chi connectivity index (χ3v) is 6.41. The molecule has 142 valence electrons. The van der Waals surface area contributed by atoms with E-state index in [4.69, 9.17) is 0 Å². The van der Waals surface area contributed by atoms with E-state index in [2.05, 4.69) is 6.07 Å². The van der Waals surface area contributed by atoms with Crippen molar-refractivity contribution in [2.24, 2.45) is 5.41 Å². The Kier molecular flexibility index (Phi) is 4.12. The van der Waals surface area contributed by atoms with Gasteiger partial charge in [-0.1, -0.05) is 30.3 Å². The highest BCUT2D eigenvalue weighted by Crippen LogP contribution is 2.42. The zero-order valence-electron chi connectivity index (χ0n) is 15.1. The van der Waals surface area contributed by atoms with Crippen LogP contribution in [0.2, 0.25) is 0 Å². The molecule has 0 saturated carbocycles. The predicted molar refractivity (Wildman–Crippen MR) is 103 cm³/mol. The number of Topliss-reactive ketones (excluding diaryl/α,β-unsaturated/α-hetero) is 1. The number of nitrogens with zero attached hydrogens (tertiary/aromatic N) is 2. The number of carbonyl (C=O) groups is 1. The van der Waals surface area contributed by atoms with Crippen LogP contribution in [-0.4, -0.2) is 24.4 Å². The Bertz CT molecular complexity index is 1260. The standard InChI is InChI=1S/C21H17FN2O3S/c1-28(26,27)24-17-9-10-21(13-23,12-14-5-3-2-4-6-14)20(25)19(17)16-8-7-15(22)11-18(16)24/h2-8,11H,9-10,12H2,1H3/t21-/m1/s1. The molecule has 1 aliphatic carbocycles. The van der Waals surface area contributed by atoms with Crippen molar-refractivity contribution >= 4 is 26.7 Å². The van der Waals surface area contributed by atoms with Crippen molar-refractivity contribution < 1.29 is 17.6 Å². The van der Waals surface area contributed by atoms with Crippen LogP contribution in [0.25, 0.3) is 10.9 Å². The summed E-state index contributed by atoms with van der Waals surface area (Å²) in [4.78, 5) is 13.5. The molecule has 4 rings (SSSR count). The Hall–Kier alpha value is -2.98. The lowest BCUT2D eigenvalue weighted by atomic mass is 9.69. The van der Waals surface area contributed by atoms with Gasteiger partial charge < -0.3 is 0 Å². The van der Waals surface area contributed by atoms with E-state index in [1.165, 1.54) is 12.1 Å². The lowest BCUT2D eigenvalue weighted by Crippen LogP contribution is -2.37. The van der Waals surface area contributed by atoms with Crippen molar-refractivity contribution in [2.75, 3.05) is 6.26 Å². The van der Waals surface area contributed by atoms with E-state index in [1.54, 1.807) is 0 Å². The summed E-state index contributed by atoms with van der Waals surface area (Å²) in [7, 11) is -3.76. The number of benzene rings is 2. The molecule has 1 atom stereocenters. The highest BCUT2D eigenvalue weighted by atomic mass is 32.2. The van der Waals surface area contributed by atoms with Crippen molar-refractivity contribution in [3.05, 3.63) is 71.2 Å². The maximum atomic E-state index is 13.8. The topological polar surface area (TPSA) is 79.9 Å². The third-order valence-electron chi connectivity index (χ3n) is 5.33. The van der Waals surface area contributed by atoms with Crippen molar-refractivity contribution in [2.45, 2.75) is 19.3 Å². The van der Waals surface area contributed by atoms with Crippen LogP contribution >= 0.6 is 0 Å². The van der Waals surface area contributed by atoms with Gasteiger partial charge in [-0.3, -0.25) is 4.79 Å². The maximum Gasteiger partial charge on any atom is 0.236 e. The molecule has 0 N–H and O–H groups in total. The maximum absolute atomic E-state index is 13.8. The van der Waals surface area contributed by atoms with Crippen LogP contribution in [0.3, 0.4) is 0 Å². The number of aromatic nitrogens is 1. The third kappa shape index (κ3) is 2.72.